The second-order valence-electron chi connectivity index (χ2n) is 8.90. The third-order valence-corrected chi connectivity index (χ3v) is 6.85. The van der Waals surface area contributed by atoms with Gasteiger partial charge in [0.2, 0.25) is 0 Å². The van der Waals surface area contributed by atoms with E-state index in [1.165, 1.54) is 19.2 Å². The van der Waals surface area contributed by atoms with Crippen LogP contribution in [-0.4, -0.2) is 32.7 Å². The molecule has 0 radical (unpaired) electrons. The summed E-state index contributed by atoms with van der Waals surface area (Å²) in [5.41, 5.74) is 2.92. The van der Waals surface area contributed by atoms with Gasteiger partial charge in [0.15, 0.2) is 17.3 Å². The van der Waals surface area contributed by atoms with Crippen molar-refractivity contribution in [3.05, 3.63) is 125 Å². The average molecular weight is 555 g/mol. The molecule has 0 spiro atoms. The highest BCUT2D eigenvalue weighted by Crippen LogP contribution is 2.29. The smallest absolute Gasteiger partial charge is 0.336 e. The van der Waals surface area contributed by atoms with Crippen molar-refractivity contribution in [3.8, 4) is 11.5 Å². The molecule has 4 aromatic carbocycles. The van der Waals surface area contributed by atoms with Gasteiger partial charge in [0, 0.05) is 17.6 Å². The lowest BCUT2D eigenvalue weighted by atomic mass is 9.89. The Bertz CT molecular complexity index is 1720. The van der Waals surface area contributed by atoms with Crippen LogP contribution in [0.15, 0.2) is 96.6 Å². The van der Waals surface area contributed by atoms with E-state index in [9.17, 15) is 19.1 Å². The zero-order valence-electron chi connectivity index (χ0n) is 21.3. The molecular weight excluding hydrogens is 531 g/mol. The van der Waals surface area contributed by atoms with Crippen LogP contribution in [0.25, 0.3) is 16.6 Å². The molecule has 40 heavy (non-hydrogen) atoms. The van der Waals surface area contributed by atoms with E-state index in [0.717, 1.165) is 17.3 Å². The summed E-state index contributed by atoms with van der Waals surface area (Å²) in [5, 5.41) is 10.3. The highest BCUT2D eigenvalue weighted by atomic mass is 32.1. The molecule has 5 rings (SSSR count). The normalized spacial score (nSPS) is 11.7. The van der Waals surface area contributed by atoms with Gasteiger partial charge in [-0.25, -0.2) is 9.18 Å². The van der Waals surface area contributed by atoms with Crippen LogP contribution < -0.4 is 9.47 Å². The Balaban J connectivity index is 1.53. The summed E-state index contributed by atoms with van der Waals surface area (Å²) in [7, 11) is 1.35. The number of allylic oxidation sites excluding steroid dienone is 1. The predicted molar refractivity (Wildman–Crippen MR) is 150 cm³/mol. The molecule has 0 atom stereocenters. The second kappa shape index (κ2) is 11.9. The number of benzene rings is 4. The fraction of sp³-hybridized carbons (Fsp3) is 0.0968. The first-order chi connectivity index (χ1) is 19.4. The first-order valence-corrected chi connectivity index (χ1v) is 13.0. The number of aromatic nitrogens is 2. The summed E-state index contributed by atoms with van der Waals surface area (Å²) in [6.07, 6.45) is -0.124. The number of methoxy groups -OCH3 is 1. The number of hydrogen-bond donors (Lipinski definition) is 1. The third-order valence-electron chi connectivity index (χ3n) is 6.29. The molecule has 0 unspecified atom stereocenters. The van der Waals surface area contributed by atoms with Gasteiger partial charge in [-0.2, -0.15) is 8.75 Å². The average Bonchev–Trinajstić information content (AvgIpc) is 3.44. The lowest BCUT2D eigenvalue weighted by Crippen LogP contribution is -2.14. The van der Waals surface area contributed by atoms with Crippen molar-refractivity contribution in [1.29, 1.82) is 0 Å². The Morgan fingerprint density at radius 2 is 1.57 bits per heavy atom. The zero-order valence-corrected chi connectivity index (χ0v) is 22.2. The number of ketones is 1. The van der Waals surface area contributed by atoms with Crippen molar-refractivity contribution in [2.45, 2.75) is 13.0 Å². The standard InChI is InChI=1S/C31H23FN2O5S/c1-38-28-14-7-20(16-25(28)32)15-24(29(31(36)37)22-10-13-26-27(17-22)34-40-33-26)30(35)21-8-11-23(12-9-21)39-18-19-5-3-2-4-6-19/h2-14,16-17H,15,18H2,1H3,(H,36,37). The number of fused-ring (bicyclic) bond motifs is 1. The summed E-state index contributed by atoms with van der Waals surface area (Å²) >= 11 is 1.01. The summed E-state index contributed by atoms with van der Waals surface area (Å²) < 4.78 is 33.7. The zero-order chi connectivity index (χ0) is 28.1. The highest BCUT2D eigenvalue weighted by Gasteiger charge is 2.25. The molecule has 0 aliphatic heterocycles. The Morgan fingerprint density at radius 1 is 0.850 bits per heavy atom. The summed E-state index contributed by atoms with van der Waals surface area (Å²) in [4.78, 5) is 26.5. The summed E-state index contributed by atoms with van der Waals surface area (Å²) in [6, 6.07) is 25.3. The van der Waals surface area contributed by atoms with E-state index in [1.807, 2.05) is 30.3 Å². The van der Waals surface area contributed by atoms with Crippen molar-refractivity contribution in [3.63, 3.8) is 0 Å². The fourth-order valence-corrected chi connectivity index (χ4v) is 4.81. The molecule has 0 amide bonds. The largest absolute Gasteiger partial charge is 0.494 e. The molecule has 5 aromatic rings. The minimum Gasteiger partial charge on any atom is -0.494 e. The van der Waals surface area contributed by atoms with Crippen molar-refractivity contribution in [1.82, 2.24) is 8.75 Å². The van der Waals surface area contributed by atoms with Gasteiger partial charge in [-0.3, -0.25) is 4.79 Å². The van der Waals surface area contributed by atoms with Crippen LogP contribution in [0.1, 0.15) is 27.0 Å². The maximum absolute atomic E-state index is 14.5. The van der Waals surface area contributed by atoms with Crippen molar-refractivity contribution >= 4 is 40.1 Å². The number of Topliss-reactive ketones (excluding diaryl/α,β-unsaturated/α-hetero) is 1. The molecule has 0 saturated carbocycles. The molecule has 7 nitrogen and oxygen atoms in total. The molecule has 0 aliphatic carbocycles. The number of rotatable bonds is 10. The minimum absolute atomic E-state index is 0.00226. The second-order valence-corrected chi connectivity index (χ2v) is 9.43. The Hall–Kier alpha value is -4.89. The summed E-state index contributed by atoms with van der Waals surface area (Å²) in [6.45, 7) is 0.361. The first-order valence-electron chi connectivity index (χ1n) is 12.3. The van der Waals surface area contributed by atoms with Crippen molar-refractivity contribution in [2.24, 2.45) is 0 Å². The molecule has 200 valence electrons. The highest BCUT2D eigenvalue weighted by molar-refractivity contribution is 7.00. The van der Waals surface area contributed by atoms with Gasteiger partial charge in [-0.05, 0) is 65.2 Å². The van der Waals surface area contributed by atoms with Crippen LogP contribution in [-0.2, 0) is 17.8 Å². The Morgan fingerprint density at radius 3 is 2.27 bits per heavy atom. The van der Waals surface area contributed by atoms with Crippen LogP contribution in [0, 0.1) is 5.82 Å². The van der Waals surface area contributed by atoms with E-state index in [2.05, 4.69) is 8.75 Å². The van der Waals surface area contributed by atoms with Crippen molar-refractivity contribution in [2.75, 3.05) is 7.11 Å². The van der Waals surface area contributed by atoms with Gasteiger partial charge < -0.3 is 14.6 Å². The van der Waals surface area contributed by atoms with Gasteiger partial charge in [0.25, 0.3) is 0 Å². The predicted octanol–water partition coefficient (Wildman–Crippen LogP) is 6.38. The van der Waals surface area contributed by atoms with Gasteiger partial charge in [0.1, 0.15) is 23.4 Å². The van der Waals surface area contributed by atoms with Gasteiger partial charge in [0.05, 0.1) is 24.4 Å². The van der Waals surface area contributed by atoms with Crippen molar-refractivity contribution < 1.29 is 28.6 Å². The molecular formula is C31H23FN2O5S. The number of carbonyl (C=O) groups is 2. The molecule has 1 aromatic heterocycles. The topological polar surface area (TPSA) is 98.6 Å². The quantitative estimate of drug-likeness (QED) is 0.158. The van der Waals surface area contributed by atoms with E-state index in [1.54, 1.807) is 48.5 Å². The Kier molecular flexibility index (Phi) is 7.93. The molecule has 0 aliphatic rings. The van der Waals surface area contributed by atoms with Gasteiger partial charge in [-0.15, -0.1) is 0 Å². The molecule has 1 heterocycles. The van der Waals surface area contributed by atoms with Crippen LogP contribution in [0.5, 0.6) is 11.5 Å². The lowest BCUT2D eigenvalue weighted by molar-refractivity contribution is -0.130. The number of carbonyl (C=O) groups excluding carboxylic acids is 1. The minimum atomic E-state index is -1.29. The summed E-state index contributed by atoms with van der Waals surface area (Å²) in [5.74, 6) is -1.80. The number of aliphatic carboxylic acids is 1. The fourth-order valence-electron chi connectivity index (χ4n) is 4.29. The monoisotopic (exact) mass is 554 g/mol. The molecule has 0 fully saturated rings. The Labute approximate surface area is 233 Å². The molecule has 0 bridgehead atoms. The maximum Gasteiger partial charge on any atom is 0.336 e. The lowest BCUT2D eigenvalue weighted by Gasteiger charge is -2.14. The van der Waals surface area contributed by atoms with E-state index >= 15 is 0 Å². The van der Waals surface area contributed by atoms with E-state index in [0.29, 0.717) is 34.5 Å². The van der Waals surface area contributed by atoms with Crippen LogP contribution in [0.4, 0.5) is 4.39 Å². The molecule has 0 saturated heterocycles. The number of hydrogen-bond acceptors (Lipinski definition) is 7. The van der Waals surface area contributed by atoms with E-state index < -0.39 is 17.6 Å². The van der Waals surface area contributed by atoms with Crippen LogP contribution >= 0.6 is 11.7 Å². The first kappa shape index (κ1) is 26.7. The number of nitrogens with zero attached hydrogens (tertiary/aromatic N) is 2. The van der Waals surface area contributed by atoms with Gasteiger partial charge in [-0.1, -0.05) is 42.5 Å². The van der Waals surface area contributed by atoms with Crippen LogP contribution in [0.2, 0.25) is 0 Å². The van der Waals surface area contributed by atoms with Gasteiger partial charge >= 0.3 is 5.97 Å². The third kappa shape index (κ3) is 5.89. The SMILES string of the molecule is COc1ccc(CC(C(=O)c2ccc(OCc3ccccc3)cc2)=C(C(=O)O)c2ccc3nsnc3c2)cc1F. The van der Waals surface area contributed by atoms with Crippen LogP contribution in [0.3, 0.4) is 0 Å². The van der Waals surface area contributed by atoms with E-state index in [4.69, 9.17) is 9.47 Å². The molecule has 9 heteroatoms. The number of halogens is 1. The molecule has 1 N–H and O–H groups in total. The number of carboxylic acid groups (broad SMARTS) is 1. The number of carboxylic acids is 1. The van der Waals surface area contributed by atoms with E-state index in [-0.39, 0.29) is 28.9 Å². The number of ether oxygens (including phenoxy) is 2. The maximum atomic E-state index is 14.5.